The molecule has 1 aliphatic rings. The Labute approximate surface area is 165 Å². The quantitative estimate of drug-likeness (QED) is 0.484. The minimum Gasteiger partial charge on any atom is -0.445 e. The van der Waals surface area contributed by atoms with Crippen molar-refractivity contribution < 1.29 is 22.4 Å². The average Bonchev–Trinajstić information content (AvgIpc) is 2.89. The molecule has 0 aromatic rings. The van der Waals surface area contributed by atoms with E-state index < -0.39 is 24.4 Å². The summed E-state index contributed by atoms with van der Waals surface area (Å²) in [5.74, 6) is 0. The van der Waals surface area contributed by atoms with E-state index in [9.17, 15) is 13.2 Å². The summed E-state index contributed by atoms with van der Waals surface area (Å²) in [5, 5.41) is 0.0779. The lowest BCUT2D eigenvalue weighted by Gasteiger charge is -2.38. The number of rotatable bonds is 8. The van der Waals surface area contributed by atoms with Gasteiger partial charge in [-0.1, -0.05) is 45.6 Å². The lowest BCUT2D eigenvalue weighted by atomic mass is 10.2. The molecule has 1 saturated heterocycles. The van der Waals surface area contributed by atoms with Crippen LogP contribution >= 0.6 is 0 Å². The number of hydrogen-bond acceptors (Lipinski definition) is 5. The van der Waals surface area contributed by atoms with E-state index in [0.29, 0.717) is 13.0 Å². The van der Waals surface area contributed by atoms with Gasteiger partial charge in [0.15, 0.2) is 8.32 Å². The Bertz CT molecular complexity index is 655. The van der Waals surface area contributed by atoms with Gasteiger partial charge in [-0.05, 0) is 24.6 Å². The first-order valence-electron chi connectivity index (χ1n) is 9.10. The summed E-state index contributed by atoms with van der Waals surface area (Å²) in [6.45, 7) is 15.3. The second-order valence-corrected chi connectivity index (χ2v) is 15.0. The van der Waals surface area contributed by atoms with E-state index in [1.165, 1.54) is 6.08 Å². The summed E-state index contributed by atoms with van der Waals surface area (Å²) in [6.07, 6.45) is 6.36. The van der Waals surface area contributed by atoms with Crippen molar-refractivity contribution in [1.82, 2.24) is 9.62 Å². The third kappa shape index (κ3) is 7.77. The van der Waals surface area contributed by atoms with Gasteiger partial charge < -0.3 is 9.16 Å². The van der Waals surface area contributed by atoms with Crippen molar-refractivity contribution in [2.24, 2.45) is 0 Å². The number of nitrogens with one attached hydrogen (secondary N) is 1. The zero-order valence-electron chi connectivity index (χ0n) is 17.3. The fraction of sp³-hybridized carbons (Fsp3) is 0.722. The van der Waals surface area contributed by atoms with Gasteiger partial charge in [0.2, 0.25) is 10.0 Å². The van der Waals surface area contributed by atoms with Crippen LogP contribution < -0.4 is 4.72 Å². The molecule has 0 saturated carbocycles. The largest absolute Gasteiger partial charge is 0.445 e. The molecule has 9 heteroatoms. The van der Waals surface area contributed by atoms with E-state index in [2.05, 4.69) is 45.2 Å². The zero-order valence-corrected chi connectivity index (χ0v) is 19.1. The van der Waals surface area contributed by atoms with Crippen molar-refractivity contribution >= 4 is 24.4 Å². The molecule has 27 heavy (non-hydrogen) atoms. The number of likely N-dealkylation sites (tertiary alicyclic amines) is 1. The molecule has 0 aromatic heterocycles. The summed E-state index contributed by atoms with van der Waals surface area (Å²) < 4.78 is 36.4. The molecule has 0 radical (unpaired) electrons. The highest BCUT2D eigenvalue weighted by Crippen LogP contribution is 2.39. The van der Waals surface area contributed by atoms with Gasteiger partial charge >= 0.3 is 6.09 Å². The fourth-order valence-corrected chi connectivity index (χ4v) is 4.29. The number of carbonyl (C=O) groups excluding carboxylic acids is 1. The van der Waals surface area contributed by atoms with Crippen LogP contribution in [0.1, 0.15) is 27.2 Å². The third-order valence-corrected chi connectivity index (χ3v) is 10.2. The topological polar surface area (TPSA) is 84.9 Å². The van der Waals surface area contributed by atoms with Gasteiger partial charge in [0.25, 0.3) is 0 Å². The Morgan fingerprint density at radius 2 is 2.00 bits per heavy atom. The first kappa shape index (κ1) is 23.9. The lowest BCUT2D eigenvalue weighted by molar-refractivity contribution is 0.108. The third-order valence-electron chi connectivity index (χ3n) is 4.95. The van der Waals surface area contributed by atoms with Gasteiger partial charge in [0.1, 0.15) is 6.61 Å². The first-order chi connectivity index (χ1) is 12.3. The zero-order chi connectivity index (χ0) is 20.9. The molecule has 0 aromatic carbocycles. The van der Waals surface area contributed by atoms with Gasteiger partial charge in [-0.25, -0.2) is 17.9 Å². The minimum atomic E-state index is -3.25. The monoisotopic (exact) mass is 418 g/mol. The normalized spacial score (nSPS) is 21.6. The number of ether oxygens (including phenoxy) is 1. The molecule has 156 valence electrons. The molecule has 7 nitrogen and oxygen atoms in total. The number of nitrogens with zero attached hydrogens (tertiary/aromatic N) is 1. The van der Waals surface area contributed by atoms with Crippen LogP contribution in [0.3, 0.4) is 0 Å². The molecule has 1 rings (SSSR count). The van der Waals surface area contributed by atoms with Crippen molar-refractivity contribution in [2.75, 3.05) is 26.0 Å². The van der Waals surface area contributed by atoms with Crippen molar-refractivity contribution in [3.8, 4) is 0 Å². The number of carbonyl (C=O) groups is 1. The van der Waals surface area contributed by atoms with Crippen molar-refractivity contribution in [3.63, 3.8) is 0 Å². The molecule has 0 unspecified atom stereocenters. The van der Waals surface area contributed by atoms with Crippen LogP contribution in [0.2, 0.25) is 18.1 Å². The maximum absolute atomic E-state index is 12.4. The molecule has 1 heterocycles. The predicted octanol–water partition coefficient (Wildman–Crippen LogP) is 2.88. The van der Waals surface area contributed by atoms with Gasteiger partial charge in [0, 0.05) is 13.1 Å². The Morgan fingerprint density at radius 1 is 1.37 bits per heavy atom. The van der Waals surface area contributed by atoms with Crippen LogP contribution in [-0.4, -0.2) is 65.8 Å². The highest BCUT2D eigenvalue weighted by molar-refractivity contribution is 7.88. The summed E-state index contributed by atoms with van der Waals surface area (Å²) in [7, 11) is -5.21. The average molecular weight is 419 g/mol. The highest BCUT2D eigenvalue weighted by Gasteiger charge is 2.43. The van der Waals surface area contributed by atoms with E-state index in [1.807, 2.05) is 6.08 Å². The van der Waals surface area contributed by atoms with Crippen LogP contribution in [0.25, 0.3) is 0 Å². The maximum Gasteiger partial charge on any atom is 0.410 e. The summed E-state index contributed by atoms with van der Waals surface area (Å²) in [4.78, 5) is 14.0. The minimum absolute atomic E-state index is 0.0697. The Hall–Kier alpha value is -1.16. The summed E-state index contributed by atoms with van der Waals surface area (Å²) in [6, 6.07) is -0.196. The van der Waals surface area contributed by atoms with Gasteiger partial charge in [0.05, 0.1) is 18.4 Å². The van der Waals surface area contributed by atoms with E-state index in [4.69, 9.17) is 9.16 Å². The first-order valence-corrected chi connectivity index (χ1v) is 13.9. The van der Waals surface area contributed by atoms with E-state index in [-0.39, 0.29) is 30.3 Å². The molecule has 0 spiro atoms. The Morgan fingerprint density at radius 3 is 2.52 bits per heavy atom. The Balaban J connectivity index is 2.85. The predicted molar refractivity (Wildman–Crippen MR) is 111 cm³/mol. The smallest absolute Gasteiger partial charge is 0.410 e. The van der Waals surface area contributed by atoms with Gasteiger partial charge in [-0.3, -0.25) is 4.90 Å². The summed E-state index contributed by atoms with van der Waals surface area (Å²) in [5.41, 5.74) is 0. The van der Waals surface area contributed by atoms with E-state index in [1.54, 1.807) is 11.0 Å². The lowest BCUT2D eigenvalue weighted by Crippen LogP contribution is -2.44. The van der Waals surface area contributed by atoms with Crippen molar-refractivity contribution in [1.29, 1.82) is 0 Å². The molecule has 1 amide bonds. The van der Waals surface area contributed by atoms with Crippen LogP contribution in [0.15, 0.2) is 24.8 Å². The maximum atomic E-state index is 12.4. The molecule has 0 aliphatic carbocycles. The molecule has 1 aliphatic heterocycles. The van der Waals surface area contributed by atoms with E-state index in [0.717, 1.165) is 6.26 Å². The van der Waals surface area contributed by atoms with Crippen molar-refractivity contribution in [3.05, 3.63) is 24.8 Å². The molecular weight excluding hydrogens is 384 g/mol. The Kier molecular flexibility index (Phi) is 8.27. The highest BCUT2D eigenvalue weighted by atomic mass is 32.2. The van der Waals surface area contributed by atoms with Gasteiger partial charge in [-0.15, -0.1) is 0 Å². The number of hydrogen-bond donors (Lipinski definition) is 1. The van der Waals surface area contributed by atoms with Crippen LogP contribution in [0, 0.1) is 0 Å². The second-order valence-electron chi connectivity index (χ2n) is 8.37. The molecule has 1 fully saturated rings. The number of sulfonamides is 1. The fourth-order valence-electron chi connectivity index (χ4n) is 2.53. The van der Waals surface area contributed by atoms with Crippen LogP contribution in [0.5, 0.6) is 0 Å². The second kappa shape index (κ2) is 9.36. The molecule has 1 N–H and O–H groups in total. The van der Waals surface area contributed by atoms with Crippen LogP contribution in [0.4, 0.5) is 4.79 Å². The van der Waals surface area contributed by atoms with Gasteiger partial charge in [-0.2, -0.15) is 0 Å². The molecule has 0 bridgehead atoms. The standard InChI is InChI=1S/C18H34N2O5SSi/c1-8-12-24-17(21)20-14-16(25-27(6,7)18(2,3)4)13-15(20)10-9-11-19-26(5,22)23/h8-10,15-16,19H,1,11-14H2,2-7H3/t15-,16-/m1/s1. The van der Waals surface area contributed by atoms with E-state index >= 15 is 0 Å². The summed E-state index contributed by atoms with van der Waals surface area (Å²) >= 11 is 0. The van der Waals surface area contributed by atoms with Crippen LogP contribution in [-0.2, 0) is 19.2 Å². The number of amides is 1. The molecular formula is C18H34N2O5SSi. The SMILES string of the molecule is C=CCOC(=O)N1C[C@H](O[Si](C)(C)C(C)(C)C)C[C@H]1C=CCNS(C)(=O)=O. The molecule has 2 atom stereocenters. The van der Waals surface area contributed by atoms with Crippen molar-refractivity contribution in [2.45, 2.75) is 57.5 Å².